The van der Waals surface area contributed by atoms with Gasteiger partial charge in [0.1, 0.15) is 11.3 Å². The molecule has 0 unspecified atom stereocenters. The number of piperidine rings is 1. The van der Waals surface area contributed by atoms with E-state index in [0.29, 0.717) is 42.4 Å². The Morgan fingerprint density at radius 1 is 1.37 bits per heavy atom. The largest absolute Gasteiger partial charge is 0.467 e. The van der Waals surface area contributed by atoms with Crippen LogP contribution >= 0.6 is 0 Å². The maximum atomic E-state index is 12.7. The smallest absolute Gasteiger partial charge is 0.294 e. The molecule has 1 amide bonds. The maximum Gasteiger partial charge on any atom is 0.294 e. The van der Waals surface area contributed by atoms with Crippen molar-refractivity contribution >= 4 is 22.9 Å². The number of hydrogen-bond donors (Lipinski definition) is 1. The van der Waals surface area contributed by atoms with Gasteiger partial charge in [-0.05, 0) is 37.1 Å². The average Bonchev–Trinajstić information content (AvgIpc) is 3.22. The standard InChI is InChI=1S/C19H21N5O3/c1-23-16-15(7-2-8-20-16)22-17(19(23)26)24-9-3-5-13(12-24)18(25)21-11-14-6-4-10-27-14/h2,4,6-8,10,13H,3,5,9,11-12H2,1H3,(H,21,25)/t13-/m1/s1. The fourth-order valence-corrected chi connectivity index (χ4v) is 3.46. The van der Waals surface area contributed by atoms with Crippen molar-refractivity contribution in [1.82, 2.24) is 19.9 Å². The number of nitrogens with zero attached hydrogens (tertiary/aromatic N) is 4. The number of amides is 1. The highest BCUT2D eigenvalue weighted by atomic mass is 16.3. The van der Waals surface area contributed by atoms with Crippen molar-refractivity contribution in [3.05, 3.63) is 52.8 Å². The number of pyridine rings is 1. The second-order valence-corrected chi connectivity index (χ2v) is 6.73. The molecule has 0 aliphatic carbocycles. The van der Waals surface area contributed by atoms with Crippen molar-refractivity contribution in [3.63, 3.8) is 0 Å². The Morgan fingerprint density at radius 3 is 3.07 bits per heavy atom. The number of fused-ring (bicyclic) bond motifs is 1. The Morgan fingerprint density at radius 2 is 2.26 bits per heavy atom. The number of hydrogen-bond acceptors (Lipinski definition) is 6. The van der Waals surface area contributed by atoms with Crippen LogP contribution in [-0.4, -0.2) is 33.5 Å². The van der Waals surface area contributed by atoms with E-state index in [1.54, 1.807) is 31.6 Å². The molecule has 0 aromatic carbocycles. The predicted octanol–water partition coefficient (Wildman–Crippen LogP) is 1.45. The Balaban J connectivity index is 1.53. The van der Waals surface area contributed by atoms with Gasteiger partial charge in [-0.2, -0.15) is 0 Å². The van der Waals surface area contributed by atoms with Crippen LogP contribution in [-0.2, 0) is 18.4 Å². The lowest BCUT2D eigenvalue weighted by molar-refractivity contribution is -0.125. The molecule has 1 fully saturated rings. The molecule has 3 aromatic heterocycles. The van der Waals surface area contributed by atoms with E-state index in [2.05, 4.69) is 15.3 Å². The zero-order valence-electron chi connectivity index (χ0n) is 15.1. The van der Waals surface area contributed by atoms with E-state index in [9.17, 15) is 9.59 Å². The molecule has 0 bridgehead atoms. The Hall–Kier alpha value is -3.16. The van der Waals surface area contributed by atoms with Crippen LogP contribution in [0, 0.1) is 5.92 Å². The fraction of sp³-hybridized carbons (Fsp3) is 0.368. The SMILES string of the molecule is Cn1c(=O)c(N2CCC[C@@H](C(=O)NCc3ccco3)C2)nc2cccnc21. The van der Waals surface area contributed by atoms with E-state index >= 15 is 0 Å². The normalized spacial score (nSPS) is 17.2. The quantitative estimate of drug-likeness (QED) is 0.750. The van der Waals surface area contributed by atoms with E-state index in [0.717, 1.165) is 12.8 Å². The minimum Gasteiger partial charge on any atom is -0.467 e. The first kappa shape index (κ1) is 17.3. The first-order valence-electron chi connectivity index (χ1n) is 9.00. The zero-order valence-corrected chi connectivity index (χ0v) is 15.1. The lowest BCUT2D eigenvalue weighted by Gasteiger charge is -2.32. The molecule has 1 aliphatic rings. The van der Waals surface area contributed by atoms with Crippen LogP contribution in [0.4, 0.5) is 5.82 Å². The molecule has 0 saturated carbocycles. The summed E-state index contributed by atoms with van der Waals surface area (Å²) in [6.07, 6.45) is 4.84. The first-order chi connectivity index (χ1) is 13.1. The van der Waals surface area contributed by atoms with E-state index < -0.39 is 0 Å². The molecule has 0 radical (unpaired) electrons. The third kappa shape index (κ3) is 3.42. The molecule has 1 atom stereocenters. The van der Waals surface area contributed by atoms with Crippen LogP contribution < -0.4 is 15.8 Å². The Bertz CT molecular complexity index is 1010. The van der Waals surface area contributed by atoms with Crippen molar-refractivity contribution in [2.45, 2.75) is 19.4 Å². The summed E-state index contributed by atoms with van der Waals surface area (Å²) in [7, 11) is 1.69. The van der Waals surface area contributed by atoms with E-state index in [-0.39, 0.29) is 17.4 Å². The van der Waals surface area contributed by atoms with Gasteiger partial charge in [-0.25, -0.2) is 9.97 Å². The van der Waals surface area contributed by atoms with E-state index in [1.165, 1.54) is 4.57 Å². The fourth-order valence-electron chi connectivity index (χ4n) is 3.46. The monoisotopic (exact) mass is 367 g/mol. The average molecular weight is 367 g/mol. The molecule has 8 nitrogen and oxygen atoms in total. The Labute approximate surface area is 155 Å². The van der Waals surface area contributed by atoms with Crippen molar-refractivity contribution < 1.29 is 9.21 Å². The number of aromatic nitrogens is 3. The summed E-state index contributed by atoms with van der Waals surface area (Å²) in [6, 6.07) is 7.25. The van der Waals surface area contributed by atoms with Crippen molar-refractivity contribution in [1.29, 1.82) is 0 Å². The van der Waals surface area contributed by atoms with Gasteiger partial charge in [0.05, 0.1) is 18.7 Å². The summed E-state index contributed by atoms with van der Waals surface area (Å²) < 4.78 is 6.76. The van der Waals surface area contributed by atoms with Crippen molar-refractivity contribution in [3.8, 4) is 0 Å². The van der Waals surface area contributed by atoms with Crippen molar-refractivity contribution in [2.24, 2.45) is 13.0 Å². The third-order valence-electron chi connectivity index (χ3n) is 4.91. The molecule has 3 aromatic rings. The number of rotatable bonds is 4. The molecule has 0 spiro atoms. The van der Waals surface area contributed by atoms with Gasteiger partial charge in [-0.1, -0.05) is 0 Å². The summed E-state index contributed by atoms with van der Waals surface area (Å²) >= 11 is 0. The number of carbonyl (C=O) groups is 1. The van der Waals surface area contributed by atoms with Gasteiger partial charge >= 0.3 is 0 Å². The summed E-state index contributed by atoms with van der Waals surface area (Å²) in [6.45, 7) is 1.54. The topological polar surface area (TPSA) is 93.3 Å². The van der Waals surface area contributed by atoms with Crippen LogP contribution in [0.1, 0.15) is 18.6 Å². The summed E-state index contributed by atoms with van der Waals surface area (Å²) in [4.78, 5) is 36.0. The van der Waals surface area contributed by atoms with Gasteiger partial charge in [0.15, 0.2) is 11.5 Å². The summed E-state index contributed by atoms with van der Waals surface area (Å²) in [5.41, 5.74) is 1.02. The molecule has 140 valence electrons. The van der Waals surface area contributed by atoms with Gasteiger partial charge in [0, 0.05) is 26.3 Å². The minimum atomic E-state index is -0.196. The molecule has 4 rings (SSSR count). The molecule has 1 N–H and O–H groups in total. The van der Waals surface area contributed by atoms with Crippen LogP contribution in [0.3, 0.4) is 0 Å². The number of nitrogens with one attached hydrogen (secondary N) is 1. The number of furan rings is 1. The van der Waals surface area contributed by atoms with Crippen LogP contribution in [0.2, 0.25) is 0 Å². The zero-order chi connectivity index (χ0) is 18.8. The predicted molar refractivity (Wildman–Crippen MR) is 100 cm³/mol. The number of aryl methyl sites for hydroxylation is 1. The molecule has 1 aliphatic heterocycles. The highest BCUT2D eigenvalue weighted by molar-refractivity contribution is 5.79. The van der Waals surface area contributed by atoms with Gasteiger partial charge in [-0.15, -0.1) is 0 Å². The third-order valence-corrected chi connectivity index (χ3v) is 4.91. The number of anilines is 1. The second kappa shape index (κ2) is 7.22. The molecule has 1 saturated heterocycles. The molecule has 27 heavy (non-hydrogen) atoms. The van der Waals surface area contributed by atoms with Crippen molar-refractivity contribution in [2.75, 3.05) is 18.0 Å². The highest BCUT2D eigenvalue weighted by Gasteiger charge is 2.28. The highest BCUT2D eigenvalue weighted by Crippen LogP contribution is 2.21. The van der Waals surface area contributed by atoms with E-state index in [4.69, 9.17) is 4.42 Å². The maximum absolute atomic E-state index is 12.7. The summed E-state index contributed by atoms with van der Waals surface area (Å²) in [5, 5.41) is 2.91. The minimum absolute atomic E-state index is 0.0321. The Kier molecular flexibility index (Phi) is 4.62. The van der Waals surface area contributed by atoms with Crippen LogP contribution in [0.15, 0.2) is 45.9 Å². The van der Waals surface area contributed by atoms with Gasteiger partial charge in [-0.3, -0.25) is 14.2 Å². The molecular weight excluding hydrogens is 346 g/mol. The molecule has 4 heterocycles. The van der Waals surface area contributed by atoms with Crippen LogP contribution in [0.25, 0.3) is 11.2 Å². The van der Waals surface area contributed by atoms with Gasteiger partial charge in [0.2, 0.25) is 5.91 Å². The lowest BCUT2D eigenvalue weighted by Crippen LogP contribution is -2.45. The molecular formula is C19H21N5O3. The van der Waals surface area contributed by atoms with Gasteiger partial charge in [0.25, 0.3) is 5.56 Å². The van der Waals surface area contributed by atoms with Crippen LogP contribution in [0.5, 0.6) is 0 Å². The first-order valence-corrected chi connectivity index (χ1v) is 9.00. The van der Waals surface area contributed by atoms with Gasteiger partial charge < -0.3 is 14.6 Å². The second-order valence-electron chi connectivity index (χ2n) is 6.73. The van der Waals surface area contributed by atoms with E-state index in [1.807, 2.05) is 17.0 Å². The summed E-state index contributed by atoms with van der Waals surface area (Å²) in [5.74, 6) is 0.871. The molecule has 8 heteroatoms. The lowest BCUT2D eigenvalue weighted by atomic mass is 9.97. The number of carbonyl (C=O) groups excluding carboxylic acids is 1.